The van der Waals surface area contributed by atoms with E-state index in [9.17, 15) is 9.18 Å². The van der Waals surface area contributed by atoms with E-state index in [-0.39, 0.29) is 5.82 Å². The number of halogens is 1. The Hall–Kier alpha value is -2.76. The van der Waals surface area contributed by atoms with Gasteiger partial charge in [-0.2, -0.15) is 0 Å². The molecule has 0 bridgehead atoms. The number of urea groups is 1. The first-order chi connectivity index (χ1) is 12.2. The van der Waals surface area contributed by atoms with Crippen LogP contribution in [0.3, 0.4) is 0 Å². The number of nitrogens with one attached hydrogen (secondary N) is 2. The van der Waals surface area contributed by atoms with Crippen molar-refractivity contribution in [2.75, 3.05) is 35.7 Å². The number of benzene rings is 2. The molecule has 2 amide bonds. The Morgan fingerprint density at radius 3 is 2.44 bits per heavy atom. The van der Waals surface area contributed by atoms with E-state index in [0.29, 0.717) is 22.8 Å². The number of piperidine rings is 1. The fourth-order valence-electron chi connectivity index (χ4n) is 2.97. The van der Waals surface area contributed by atoms with E-state index in [1.165, 1.54) is 12.5 Å². The number of hydrogen-bond donors (Lipinski definition) is 2. The Morgan fingerprint density at radius 2 is 1.76 bits per heavy atom. The maximum Gasteiger partial charge on any atom is 0.323 e. The summed E-state index contributed by atoms with van der Waals surface area (Å²) in [6, 6.07) is 11.4. The topological polar surface area (TPSA) is 53.6 Å². The van der Waals surface area contributed by atoms with Gasteiger partial charge in [0.25, 0.3) is 0 Å². The predicted octanol–water partition coefficient (Wildman–Crippen LogP) is 4.47. The molecule has 1 aliphatic heterocycles. The molecule has 0 aliphatic carbocycles. The van der Waals surface area contributed by atoms with Gasteiger partial charge in [-0.15, -0.1) is 0 Å². The van der Waals surface area contributed by atoms with E-state index in [2.05, 4.69) is 15.5 Å². The van der Waals surface area contributed by atoms with Crippen molar-refractivity contribution in [1.29, 1.82) is 0 Å². The quantitative estimate of drug-likeness (QED) is 0.861. The van der Waals surface area contributed by atoms with Crippen molar-refractivity contribution >= 4 is 23.1 Å². The second-order valence-electron chi connectivity index (χ2n) is 6.02. The molecule has 0 aromatic heterocycles. The van der Waals surface area contributed by atoms with Crippen LogP contribution in [0.15, 0.2) is 42.5 Å². The Kier molecular flexibility index (Phi) is 5.38. The molecule has 0 saturated carbocycles. The fraction of sp³-hybridized carbons (Fsp3) is 0.316. The zero-order valence-corrected chi connectivity index (χ0v) is 14.2. The first-order valence-electron chi connectivity index (χ1n) is 8.42. The van der Waals surface area contributed by atoms with Gasteiger partial charge in [-0.1, -0.05) is 6.07 Å². The predicted molar refractivity (Wildman–Crippen MR) is 98.1 cm³/mol. The van der Waals surface area contributed by atoms with Crippen LogP contribution in [0.5, 0.6) is 5.75 Å². The van der Waals surface area contributed by atoms with Crippen LogP contribution in [0.1, 0.15) is 19.3 Å². The number of carbonyl (C=O) groups excluding carboxylic acids is 1. The van der Waals surface area contributed by atoms with Crippen LogP contribution in [0, 0.1) is 5.82 Å². The highest BCUT2D eigenvalue weighted by atomic mass is 19.1. The van der Waals surface area contributed by atoms with Crippen LogP contribution in [0.25, 0.3) is 0 Å². The summed E-state index contributed by atoms with van der Waals surface area (Å²) in [6.45, 7) is 1.75. The third kappa shape index (κ3) is 4.41. The maximum absolute atomic E-state index is 14.4. The van der Waals surface area contributed by atoms with Crippen LogP contribution in [-0.4, -0.2) is 26.2 Å². The summed E-state index contributed by atoms with van der Waals surface area (Å²) < 4.78 is 19.5. The van der Waals surface area contributed by atoms with Crippen molar-refractivity contribution < 1.29 is 13.9 Å². The average Bonchev–Trinajstić information content (AvgIpc) is 2.62. The summed E-state index contributed by atoms with van der Waals surface area (Å²) >= 11 is 0. The smallest absolute Gasteiger partial charge is 0.323 e. The summed E-state index contributed by atoms with van der Waals surface area (Å²) in [6.07, 6.45) is 3.37. The third-order valence-corrected chi connectivity index (χ3v) is 4.23. The van der Waals surface area contributed by atoms with E-state index in [4.69, 9.17) is 4.74 Å². The molecule has 0 unspecified atom stereocenters. The molecule has 0 spiro atoms. The second-order valence-corrected chi connectivity index (χ2v) is 6.02. The van der Waals surface area contributed by atoms with Gasteiger partial charge in [0.2, 0.25) is 0 Å². The Balaban J connectivity index is 1.63. The largest absolute Gasteiger partial charge is 0.497 e. The minimum Gasteiger partial charge on any atom is -0.497 e. The van der Waals surface area contributed by atoms with Gasteiger partial charge in [-0.05, 0) is 49.6 Å². The molecular weight excluding hydrogens is 321 g/mol. The number of nitrogens with zero attached hydrogens (tertiary/aromatic N) is 1. The van der Waals surface area contributed by atoms with E-state index < -0.39 is 6.03 Å². The molecule has 3 rings (SSSR count). The molecule has 132 valence electrons. The molecule has 2 aromatic rings. The molecule has 2 N–H and O–H groups in total. The van der Waals surface area contributed by atoms with Crippen molar-refractivity contribution in [2.24, 2.45) is 0 Å². The Bertz CT molecular complexity index is 745. The lowest BCUT2D eigenvalue weighted by molar-refractivity contribution is 0.262. The number of amides is 2. The molecule has 1 heterocycles. The van der Waals surface area contributed by atoms with Crippen LogP contribution < -0.4 is 20.3 Å². The van der Waals surface area contributed by atoms with Crippen molar-refractivity contribution in [3.8, 4) is 5.75 Å². The highest BCUT2D eigenvalue weighted by molar-refractivity contribution is 5.99. The number of rotatable bonds is 4. The first-order valence-corrected chi connectivity index (χ1v) is 8.42. The van der Waals surface area contributed by atoms with Gasteiger partial charge in [0.05, 0.1) is 12.8 Å². The number of anilines is 3. The van der Waals surface area contributed by atoms with Gasteiger partial charge in [-0.3, -0.25) is 0 Å². The molecule has 2 aromatic carbocycles. The number of ether oxygens (including phenoxy) is 1. The molecule has 0 atom stereocenters. The molecule has 1 aliphatic rings. The molecule has 1 fully saturated rings. The lowest BCUT2D eigenvalue weighted by Crippen LogP contribution is -2.30. The van der Waals surface area contributed by atoms with Crippen molar-refractivity contribution in [3.63, 3.8) is 0 Å². The summed E-state index contributed by atoms with van der Waals surface area (Å²) in [7, 11) is 1.56. The number of hydrogen-bond acceptors (Lipinski definition) is 3. The lowest BCUT2D eigenvalue weighted by atomic mass is 10.1. The highest BCUT2D eigenvalue weighted by Crippen LogP contribution is 2.26. The Morgan fingerprint density at radius 1 is 1.04 bits per heavy atom. The van der Waals surface area contributed by atoms with E-state index in [0.717, 1.165) is 25.9 Å². The van der Waals surface area contributed by atoms with E-state index >= 15 is 0 Å². The Labute approximate surface area is 146 Å². The SMILES string of the molecule is COc1cccc(NC(=O)Nc2ccc(N3CCCCC3)c(F)c2)c1. The lowest BCUT2D eigenvalue weighted by Gasteiger charge is -2.29. The van der Waals surface area contributed by atoms with Crippen molar-refractivity contribution in [2.45, 2.75) is 19.3 Å². The van der Waals surface area contributed by atoms with Gasteiger partial charge in [0.1, 0.15) is 11.6 Å². The van der Waals surface area contributed by atoms with Crippen LogP contribution >= 0.6 is 0 Å². The molecule has 5 nitrogen and oxygen atoms in total. The van der Waals surface area contributed by atoms with Crippen LogP contribution in [-0.2, 0) is 0 Å². The highest BCUT2D eigenvalue weighted by Gasteiger charge is 2.15. The van der Waals surface area contributed by atoms with Gasteiger partial charge >= 0.3 is 6.03 Å². The number of methoxy groups -OCH3 is 1. The van der Waals surface area contributed by atoms with Gasteiger partial charge in [0, 0.05) is 30.5 Å². The normalized spacial score (nSPS) is 14.1. The average molecular weight is 343 g/mol. The molecule has 1 saturated heterocycles. The zero-order chi connectivity index (χ0) is 17.6. The summed E-state index contributed by atoms with van der Waals surface area (Å²) in [4.78, 5) is 14.1. The standard InChI is InChI=1S/C19H22FN3O2/c1-25-16-7-5-6-14(12-16)21-19(24)22-15-8-9-18(17(20)13-15)23-10-3-2-4-11-23/h5-9,12-13H,2-4,10-11H2,1H3,(H2,21,22,24). The minimum atomic E-state index is -0.432. The summed E-state index contributed by atoms with van der Waals surface area (Å²) in [5.41, 5.74) is 1.61. The minimum absolute atomic E-state index is 0.318. The molecular formula is C19H22FN3O2. The fourth-order valence-corrected chi connectivity index (χ4v) is 2.97. The first kappa shape index (κ1) is 17.1. The second kappa shape index (κ2) is 7.88. The van der Waals surface area contributed by atoms with Gasteiger partial charge in [0.15, 0.2) is 0 Å². The monoisotopic (exact) mass is 343 g/mol. The van der Waals surface area contributed by atoms with Gasteiger partial charge < -0.3 is 20.3 Å². The summed E-state index contributed by atoms with van der Waals surface area (Å²) in [5, 5.41) is 5.35. The van der Waals surface area contributed by atoms with Crippen LogP contribution in [0.4, 0.5) is 26.2 Å². The molecule has 0 radical (unpaired) electrons. The zero-order valence-electron chi connectivity index (χ0n) is 14.2. The molecule has 6 heteroatoms. The summed E-state index contributed by atoms with van der Waals surface area (Å²) in [5.74, 6) is 0.329. The van der Waals surface area contributed by atoms with Crippen LogP contribution in [0.2, 0.25) is 0 Å². The van der Waals surface area contributed by atoms with E-state index in [1.807, 2.05) is 0 Å². The van der Waals surface area contributed by atoms with Gasteiger partial charge in [-0.25, -0.2) is 9.18 Å². The molecule has 25 heavy (non-hydrogen) atoms. The maximum atomic E-state index is 14.4. The van der Waals surface area contributed by atoms with E-state index in [1.54, 1.807) is 43.5 Å². The number of carbonyl (C=O) groups is 1. The van der Waals surface area contributed by atoms with Crippen molar-refractivity contribution in [1.82, 2.24) is 0 Å². The third-order valence-electron chi connectivity index (χ3n) is 4.23. The van der Waals surface area contributed by atoms with Crippen molar-refractivity contribution in [3.05, 3.63) is 48.3 Å².